The Morgan fingerprint density at radius 3 is 2.67 bits per heavy atom. The lowest BCUT2D eigenvalue weighted by Gasteiger charge is -2.61. The Kier molecular flexibility index (Phi) is 8.70. The van der Waals surface area contributed by atoms with Crippen LogP contribution in [-0.2, 0) is 32.7 Å². The minimum absolute atomic E-state index is 0.0230. The van der Waals surface area contributed by atoms with Crippen molar-refractivity contribution in [2.45, 2.75) is 74.6 Å². The van der Waals surface area contributed by atoms with Gasteiger partial charge in [-0.25, -0.2) is 0 Å². The van der Waals surface area contributed by atoms with Crippen molar-refractivity contribution < 1.29 is 43.1 Å². The molecule has 3 N–H and O–H groups in total. The van der Waals surface area contributed by atoms with Crippen molar-refractivity contribution in [2.24, 2.45) is 0 Å². The number of esters is 1. The van der Waals surface area contributed by atoms with E-state index in [2.05, 4.69) is 32.2 Å². The lowest BCUT2D eigenvalue weighted by Crippen LogP contribution is -2.69. The van der Waals surface area contributed by atoms with Gasteiger partial charge in [0, 0.05) is 76.2 Å². The van der Waals surface area contributed by atoms with Crippen molar-refractivity contribution in [2.75, 3.05) is 53.6 Å². The molecule has 58 heavy (non-hydrogen) atoms. The maximum Gasteiger partial charge on any atom is 0.308 e. The number of rotatable bonds is 3. The summed E-state index contributed by atoms with van der Waals surface area (Å²) in [6.45, 7) is 5.50. The number of ether oxygens (including phenoxy) is 6. The van der Waals surface area contributed by atoms with Crippen LogP contribution < -0.4 is 29.0 Å². The number of aromatic nitrogens is 1. The molecule has 1 unspecified atom stereocenters. The minimum atomic E-state index is -1.20. The molecule has 6 aliphatic rings. The molecular weight excluding hydrogens is 763 g/mol. The Hall–Kier alpha value is -4.98. The molecule has 1 fully saturated rings. The summed E-state index contributed by atoms with van der Waals surface area (Å²) < 4.78 is 36.5. The summed E-state index contributed by atoms with van der Waals surface area (Å²) in [6, 6.07) is 8.19. The first-order valence-corrected chi connectivity index (χ1v) is 20.7. The molecule has 15 heteroatoms. The molecule has 1 saturated heterocycles. The van der Waals surface area contributed by atoms with Crippen molar-refractivity contribution in [3.05, 3.63) is 68.9 Å². The van der Waals surface area contributed by atoms with Crippen LogP contribution in [0.4, 0.5) is 0 Å². The lowest BCUT2D eigenvalue weighted by atomic mass is 9.71. The number of methoxy groups -OCH3 is 2. The number of aromatic hydroxyl groups is 1. The molecule has 10 rings (SSSR count). The number of hydrogen-bond donors (Lipinski definition) is 3. The highest BCUT2D eigenvalue weighted by molar-refractivity contribution is 7.99. The number of thioether (sulfide) groups is 1. The molecule has 7 heterocycles. The molecule has 302 valence electrons. The van der Waals surface area contributed by atoms with E-state index >= 15 is 0 Å². The maximum atomic E-state index is 14.9. The van der Waals surface area contributed by atoms with Gasteiger partial charge in [-0.05, 0) is 62.6 Å². The Morgan fingerprint density at radius 1 is 1.10 bits per heavy atom. The molecule has 1 spiro atoms. The molecule has 7 atom stereocenters. The van der Waals surface area contributed by atoms with E-state index in [4.69, 9.17) is 28.4 Å². The Morgan fingerprint density at radius 2 is 1.91 bits per heavy atom. The number of hydrogen-bond acceptors (Lipinski definition) is 14. The molecule has 3 aromatic carbocycles. The molecule has 0 saturated carbocycles. The zero-order chi connectivity index (χ0) is 40.4. The summed E-state index contributed by atoms with van der Waals surface area (Å²) in [5, 5.41) is 27.5. The van der Waals surface area contributed by atoms with E-state index in [1.165, 1.54) is 6.92 Å². The molecular formula is C43H45N5O9S. The van der Waals surface area contributed by atoms with Gasteiger partial charge in [0.2, 0.25) is 6.79 Å². The maximum absolute atomic E-state index is 14.9. The Labute approximate surface area is 339 Å². The van der Waals surface area contributed by atoms with Crippen LogP contribution in [0.1, 0.15) is 68.9 Å². The number of piperazine rings is 1. The van der Waals surface area contributed by atoms with Crippen molar-refractivity contribution >= 4 is 34.4 Å². The summed E-state index contributed by atoms with van der Waals surface area (Å²) in [6.07, 6.45) is 1.23. The van der Waals surface area contributed by atoms with Crippen molar-refractivity contribution in [3.8, 4) is 40.6 Å². The van der Waals surface area contributed by atoms with Gasteiger partial charge in [0.05, 0.1) is 44.2 Å². The van der Waals surface area contributed by atoms with E-state index in [1.54, 1.807) is 26.0 Å². The summed E-state index contributed by atoms with van der Waals surface area (Å²) in [5.41, 5.74) is 6.07. The quantitative estimate of drug-likeness (QED) is 0.191. The van der Waals surface area contributed by atoms with E-state index in [0.717, 1.165) is 50.0 Å². The number of likely N-dealkylation sites (N-methyl/N-ethyl adjacent to an activating group) is 1. The second kappa shape index (κ2) is 13.5. The second-order valence-electron chi connectivity index (χ2n) is 16.1. The highest BCUT2D eigenvalue weighted by atomic mass is 32.2. The number of phenolic OH excluding ortho intramolecular Hbond substituents is 1. The Bertz CT molecular complexity index is 2480. The molecule has 14 nitrogen and oxygen atoms in total. The monoisotopic (exact) mass is 807 g/mol. The van der Waals surface area contributed by atoms with Gasteiger partial charge in [-0.15, -0.1) is 11.8 Å². The largest absolute Gasteiger partial charge is 0.504 e. The third-order valence-corrected chi connectivity index (χ3v) is 14.8. The third-order valence-electron chi connectivity index (χ3n) is 13.4. The van der Waals surface area contributed by atoms with Gasteiger partial charge < -0.3 is 38.5 Å². The van der Waals surface area contributed by atoms with Crippen molar-refractivity contribution in [3.63, 3.8) is 0 Å². The third kappa shape index (κ3) is 5.05. The smallest absolute Gasteiger partial charge is 0.308 e. The molecule has 0 amide bonds. The van der Waals surface area contributed by atoms with Crippen LogP contribution in [0.25, 0.3) is 10.9 Å². The van der Waals surface area contributed by atoms with Gasteiger partial charge in [-0.3, -0.25) is 24.7 Å². The van der Waals surface area contributed by atoms with Crippen LogP contribution in [-0.4, -0.2) is 103 Å². The molecule has 4 bridgehead atoms. The molecule has 6 aliphatic heterocycles. The number of H-pyrrole nitrogens is 1. The summed E-state index contributed by atoms with van der Waals surface area (Å²) >= 11 is 1.57. The predicted octanol–water partition coefficient (Wildman–Crippen LogP) is 4.81. The van der Waals surface area contributed by atoms with Gasteiger partial charge in [0.25, 0.3) is 0 Å². The average molecular weight is 808 g/mol. The number of fused-ring (bicyclic) bond motifs is 13. The number of phenols is 1. The van der Waals surface area contributed by atoms with Gasteiger partial charge in [0.1, 0.15) is 29.7 Å². The normalized spacial score (nSPS) is 28.5. The first-order valence-electron chi connectivity index (χ1n) is 19.6. The number of carbonyl (C=O) groups is 2. The second-order valence-corrected chi connectivity index (χ2v) is 17.3. The van der Waals surface area contributed by atoms with Crippen LogP contribution in [0.5, 0.6) is 34.5 Å². The fraction of sp³-hybridized carbons (Fsp3) is 0.465. The summed E-state index contributed by atoms with van der Waals surface area (Å²) in [5.74, 6) is 2.16. The van der Waals surface area contributed by atoms with Crippen LogP contribution in [0.2, 0.25) is 0 Å². The lowest BCUT2D eigenvalue weighted by molar-refractivity contribution is -0.133. The molecule has 1 aromatic heterocycles. The first kappa shape index (κ1) is 37.3. The first-order chi connectivity index (χ1) is 28.0. The van der Waals surface area contributed by atoms with Crippen molar-refractivity contribution in [1.82, 2.24) is 20.1 Å². The number of Topliss-reactive ketones (excluding diaryl/α,β-unsaturated/α-hetero) is 1. The minimum Gasteiger partial charge on any atom is -0.504 e. The highest BCUT2D eigenvalue weighted by Gasteiger charge is 2.61. The number of nitrogens with one attached hydrogen (secondary N) is 2. The summed E-state index contributed by atoms with van der Waals surface area (Å²) in [7, 11) is 5.20. The fourth-order valence-corrected chi connectivity index (χ4v) is 12.7. The topological polar surface area (TPSA) is 168 Å². The van der Waals surface area contributed by atoms with E-state index in [1.807, 2.05) is 39.1 Å². The number of nitriles is 1. The standard InChI is InChI=1S/C43H45N5O9S/c1-19-11-22-12-27-28(14-44)48-29-15-54-16-30(50)43(42-25(9-10-45-43)24-8-7-23(52-5)13-26(24)46-42)17-58-41(35(48)34(47(27)4)31(22)36(51)37(19)53-6)33-32(29)40-39(55-18-56-40)20(2)38(33)57-21(3)49/h7-8,11,13,27-29,34-35,41,45-46,51H,9-10,12,15-18H2,1-6H3/t27-,28-,29-,34+,35?,41+,43-/m0/s1. The van der Waals surface area contributed by atoms with Gasteiger partial charge in [-0.2, -0.15) is 5.26 Å². The SMILES string of the molecule is COc1ccc2c3c([nH]c2c1)[C@@]1(CS[C@@H]2c4c(OC(C)=O)c(C)c5c(c4[C@H](COCC1=O)N1C2[C@H]2c4c(cc(C)c(OC)c4O)C[C@@H]([C@@H]1C#N)N2C)OCO5)NCC3. The van der Waals surface area contributed by atoms with Gasteiger partial charge in [-0.1, -0.05) is 6.07 Å². The number of benzene rings is 3. The number of ketones is 1. The van der Waals surface area contributed by atoms with Crippen molar-refractivity contribution in [1.29, 1.82) is 5.26 Å². The zero-order valence-electron chi connectivity index (χ0n) is 33.2. The summed E-state index contributed by atoms with van der Waals surface area (Å²) in [4.78, 5) is 36.1. The van der Waals surface area contributed by atoms with Crippen LogP contribution >= 0.6 is 11.8 Å². The Balaban J connectivity index is 1.25. The number of carbonyl (C=O) groups excluding carboxylic acids is 2. The number of aryl methyl sites for hydroxylation is 1. The van der Waals surface area contributed by atoms with E-state index in [0.29, 0.717) is 53.7 Å². The number of nitrogens with zero attached hydrogens (tertiary/aromatic N) is 3. The van der Waals surface area contributed by atoms with Crippen LogP contribution in [0.3, 0.4) is 0 Å². The highest BCUT2D eigenvalue weighted by Crippen LogP contribution is 2.64. The number of aromatic amines is 1. The molecule has 4 aromatic rings. The van der Waals surface area contributed by atoms with E-state index in [-0.39, 0.29) is 43.3 Å². The predicted molar refractivity (Wildman–Crippen MR) is 213 cm³/mol. The molecule has 0 aliphatic carbocycles. The zero-order valence-corrected chi connectivity index (χ0v) is 34.0. The van der Waals surface area contributed by atoms with Crippen LogP contribution in [0, 0.1) is 25.2 Å². The van der Waals surface area contributed by atoms with Gasteiger partial charge >= 0.3 is 5.97 Å². The fourth-order valence-electron chi connectivity index (χ4n) is 11.0. The van der Waals surface area contributed by atoms with Gasteiger partial charge in [0.15, 0.2) is 28.8 Å². The van der Waals surface area contributed by atoms with E-state index < -0.39 is 40.9 Å². The van der Waals surface area contributed by atoms with Crippen LogP contribution in [0.15, 0.2) is 24.3 Å². The van der Waals surface area contributed by atoms with E-state index in [9.17, 15) is 20.0 Å². The molecule has 0 radical (unpaired) electrons. The average Bonchev–Trinajstić information content (AvgIpc) is 3.84.